The van der Waals surface area contributed by atoms with Gasteiger partial charge in [0.25, 0.3) is 0 Å². The highest BCUT2D eigenvalue weighted by molar-refractivity contribution is 5.65. The standard InChI is InChI=1S/C19H18FN5O/c1-13(26)19(20)7-8-24(12-19)18-6-5-17-22-11-16(25(17)23-18)15-4-2-3-14(9-15)10-21/h2-6,9,11,13,26H,7-8,12H2,1H3/t13?,19-/m0/s1. The van der Waals surface area contributed by atoms with E-state index in [4.69, 9.17) is 5.26 Å². The van der Waals surface area contributed by atoms with Gasteiger partial charge in [-0.15, -0.1) is 5.10 Å². The summed E-state index contributed by atoms with van der Waals surface area (Å²) in [4.78, 5) is 6.20. The van der Waals surface area contributed by atoms with Gasteiger partial charge in [0.05, 0.1) is 36.2 Å². The van der Waals surface area contributed by atoms with E-state index >= 15 is 0 Å². The Morgan fingerprint density at radius 2 is 2.19 bits per heavy atom. The molecule has 0 spiro atoms. The molecule has 1 N–H and O–H groups in total. The number of benzene rings is 1. The molecule has 6 nitrogen and oxygen atoms in total. The van der Waals surface area contributed by atoms with Crippen LogP contribution in [0.1, 0.15) is 18.9 Å². The predicted octanol–water partition coefficient (Wildman–Crippen LogP) is 2.57. The molecule has 0 saturated carbocycles. The Morgan fingerprint density at radius 1 is 1.35 bits per heavy atom. The third-order valence-corrected chi connectivity index (χ3v) is 4.96. The van der Waals surface area contributed by atoms with Crippen molar-refractivity contribution >= 4 is 11.5 Å². The highest BCUT2D eigenvalue weighted by Gasteiger charge is 2.43. The van der Waals surface area contributed by atoms with E-state index in [1.165, 1.54) is 6.92 Å². The molecule has 1 saturated heterocycles. The van der Waals surface area contributed by atoms with Gasteiger partial charge in [-0.05, 0) is 31.2 Å². The predicted molar refractivity (Wildman–Crippen MR) is 95.5 cm³/mol. The zero-order valence-corrected chi connectivity index (χ0v) is 14.3. The second kappa shape index (κ2) is 6.07. The van der Waals surface area contributed by atoms with Crippen molar-refractivity contribution in [3.8, 4) is 17.3 Å². The number of imidazole rings is 1. The zero-order chi connectivity index (χ0) is 18.3. The van der Waals surface area contributed by atoms with E-state index in [9.17, 15) is 9.50 Å². The summed E-state index contributed by atoms with van der Waals surface area (Å²) >= 11 is 0. The second-order valence-corrected chi connectivity index (χ2v) is 6.68. The topological polar surface area (TPSA) is 77.5 Å². The van der Waals surface area contributed by atoms with E-state index in [1.807, 2.05) is 29.2 Å². The number of rotatable bonds is 3. The largest absolute Gasteiger partial charge is 0.390 e. The van der Waals surface area contributed by atoms with E-state index < -0.39 is 11.8 Å². The van der Waals surface area contributed by atoms with Crippen molar-refractivity contribution in [3.63, 3.8) is 0 Å². The molecular weight excluding hydrogens is 333 g/mol. The molecule has 132 valence electrons. The molecule has 2 aromatic heterocycles. The molecule has 1 aliphatic heterocycles. The summed E-state index contributed by atoms with van der Waals surface area (Å²) in [5.74, 6) is 0.633. The minimum absolute atomic E-state index is 0.108. The van der Waals surface area contributed by atoms with E-state index in [0.29, 0.717) is 23.6 Å². The summed E-state index contributed by atoms with van der Waals surface area (Å²) < 4.78 is 16.4. The van der Waals surface area contributed by atoms with Gasteiger partial charge < -0.3 is 10.0 Å². The average molecular weight is 351 g/mol. The van der Waals surface area contributed by atoms with Gasteiger partial charge in [-0.3, -0.25) is 0 Å². The Labute approximate surface area is 150 Å². The minimum atomic E-state index is -1.62. The fourth-order valence-electron chi connectivity index (χ4n) is 3.31. The van der Waals surface area contributed by atoms with Crippen LogP contribution in [0, 0.1) is 11.3 Å². The molecule has 0 aliphatic carbocycles. The van der Waals surface area contributed by atoms with Crippen LogP contribution in [0.2, 0.25) is 0 Å². The molecule has 0 bridgehead atoms. The van der Waals surface area contributed by atoms with Crippen molar-refractivity contribution in [1.29, 1.82) is 5.26 Å². The highest BCUT2D eigenvalue weighted by Crippen LogP contribution is 2.32. The van der Waals surface area contributed by atoms with Crippen LogP contribution in [0.25, 0.3) is 16.9 Å². The molecule has 3 aromatic rings. The Bertz CT molecular complexity index is 1010. The number of nitriles is 1. The molecule has 1 aromatic carbocycles. The van der Waals surface area contributed by atoms with Gasteiger partial charge in [-0.2, -0.15) is 5.26 Å². The lowest BCUT2D eigenvalue weighted by molar-refractivity contribution is 0.0192. The summed E-state index contributed by atoms with van der Waals surface area (Å²) in [5, 5.41) is 23.4. The number of aliphatic hydroxyl groups excluding tert-OH is 1. The first kappa shape index (κ1) is 16.5. The SMILES string of the molecule is CC(O)[C@]1(F)CCN(c2ccc3ncc(-c4cccc(C#N)c4)n3n2)C1. The van der Waals surface area contributed by atoms with Gasteiger partial charge in [0.15, 0.2) is 11.3 Å². The number of alkyl halides is 1. The van der Waals surface area contributed by atoms with Crippen molar-refractivity contribution in [2.75, 3.05) is 18.0 Å². The van der Waals surface area contributed by atoms with Crippen LogP contribution < -0.4 is 4.90 Å². The van der Waals surface area contributed by atoms with E-state index in [2.05, 4.69) is 16.2 Å². The number of fused-ring (bicyclic) bond motifs is 1. The molecule has 1 fully saturated rings. The van der Waals surface area contributed by atoms with E-state index in [-0.39, 0.29) is 13.0 Å². The maximum absolute atomic E-state index is 14.7. The van der Waals surface area contributed by atoms with Crippen molar-refractivity contribution in [2.24, 2.45) is 0 Å². The Kier molecular flexibility index (Phi) is 3.85. The lowest BCUT2D eigenvalue weighted by atomic mass is 10.00. The van der Waals surface area contributed by atoms with Gasteiger partial charge in [0, 0.05) is 18.5 Å². The van der Waals surface area contributed by atoms with Crippen molar-refractivity contribution < 1.29 is 9.50 Å². The summed E-state index contributed by atoms with van der Waals surface area (Å²) in [6.07, 6.45) is 0.960. The van der Waals surface area contributed by atoms with Crippen molar-refractivity contribution in [1.82, 2.24) is 14.6 Å². The van der Waals surface area contributed by atoms with Gasteiger partial charge in [0.2, 0.25) is 0 Å². The fourth-order valence-corrected chi connectivity index (χ4v) is 3.31. The molecule has 0 radical (unpaired) electrons. The summed E-state index contributed by atoms with van der Waals surface area (Å²) in [7, 11) is 0. The highest BCUT2D eigenvalue weighted by atomic mass is 19.1. The van der Waals surface area contributed by atoms with Crippen LogP contribution in [0.3, 0.4) is 0 Å². The third kappa shape index (κ3) is 2.68. The maximum Gasteiger partial charge on any atom is 0.155 e. The lowest BCUT2D eigenvalue weighted by Gasteiger charge is -2.23. The minimum Gasteiger partial charge on any atom is -0.390 e. The summed E-state index contributed by atoms with van der Waals surface area (Å²) in [6.45, 7) is 2.08. The van der Waals surface area contributed by atoms with Crippen LogP contribution in [0.5, 0.6) is 0 Å². The number of anilines is 1. The smallest absolute Gasteiger partial charge is 0.155 e. The van der Waals surface area contributed by atoms with Crippen molar-refractivity contribution in [3.05, 3.63) is 48.2 Å². The fraction of sp³-hybridized carbons (Fsp3) is 0.316. The van der Waals surface area contributed by atoms with Crippen LogP contribution >= 0.6 is 0 Å². The summed E-state index contributed by atoms with van der Waals surface area (Å²) in [6, 6.07) is 13.0. The second-order valence-electron chi connectivity index (χ2n) is 6.68. The van der Waals surface area contributed by atoms with Crippen LogP contribution in [0.4, 0.5) is 10.2 Å². The molecule has 2 atom stereocenters. The number of aliphatic hydroxyl groups is 1. The van der Waals surface area contributed by atoms with Crippen LogP contribution in [0.15, 0.2) is 42.6 Å². The van der Waals surface area contributed by atoms with Gasteiger partial charge in [0.1, 0.15) is 5.82 Å². The monoisotopic (exact) mass is 351 g/mol. The van der Waals surface area contributed by atoms with E-state index in [1.54, 1.807) is 22.8 Å². The molecule has 1 aliphatic rings. The van der Waals surface area contributed by atoms with Gasteiger partial charge in [-0.25, -0.2) is 13.9 Å². The van der Waals surface area contributed by atoms with Crippen molar-refractivity contribution in [2.45, 2.75) is 25.1 Å². The first-order chi connectivity index (χ1) is 12.5. The number of nitrogens with zero attached hydrogens (tertiary/aromatic N) is 5. The first-order valence-corrected chi connectivity index (χ1v) is 8.47. The molecule has 4 rings (SSSR count). The maximum atomic E-state index is 14.7. The average Bonchev–Trinajstić information content (AvgIpc) is 3.26. The quantitative estimate of drug-likeness (QED) is 0.785. The van der Waals surface area contributed by atoms with Crippen LogP contribution in [-0.4, -0.2) is 44.6 Å². The number of hydrogen-bond acceptors (Lipinski definition) is 5. The molecule has 7 heteroatoms. The number of halogens is 1. The van der Waals surface area contributed by atoms with E-state index in [0.717, 1.165) is 11.3 Å². The molecule has 3 heterocycles. The molecule has 26 heavy (non-hydrogen) atoms. The lowest BCUT2D eigenvalue weighted by Crippen LogP contribution is -2.39. The molecular formula is C19H18FN5O. The Balaban J connectivity index is 1.73. The summed E-state index contributed by atoms with van der Waals surface area (Å²) in [5.41, 5.74) is 1.22. The number of aromatic nitrogens is 3. The Morgan fingerprint density at radius 3 is 2.92 bits per heavy atom. The molecule has 1 unspecified atom stereocenters. The van der Waals surface area contributed by atoms with Crippen LogP contribution in [-0.2, 0) is 0 Å². The van der Waals surface area contributed by atoms with Gasteiger partial charge in [-0.1, -0.05) is 12.1 Å². The molecule has 0 amide bonds. The zero-order valence-electron chi connectivity index (χ0n) is 14.3. The first-order valence-electron chi connectivity index (χ1n) is 8.47. The normalized spacial score (nSPS) is 21.1. The van der Waals surface area contributed by atoms with Gasteiger partial charge >= 0.3 is 0 Å². The third-order valence-electron chi connectivity index (χ3n) is 4.96. The number of hydrogen-bond donors (Lipinski definition) is 1. The Hall–Kier alpha value is -2.98.